The van der Waals surface area contributed by atoms with Gasteiger partial charge in [0.1, 0.15) is 12.7 Å². The van der Waals surface area contributed by atoms with Gasteiger partial charge < -0.3 is 15.2 Å². The van der Waals surface area contributed by atoms with E-state index in [-0.39, 0.29) is 6.10 Å². The first kappa shape index (κ1) is 8.83. The molecule has 0 aromatic carbocycles. The molecule has 1 saturated heterocycles. The maximum absolute atomic E-state index is 12.4. The Hall–Kier alpha value is -0.260. The van der Waals surface area contributed by atoms with E-state index in [4.69, 9.17) is 15.2 Å². The van der Waals surface area contributed by atoms with Gasteiger partial charge in [0.2, 0.25) is 0 Å². The molecule has 1 rings (SSSR count). The summed E-state index contributed by atoms with van der Waals surface area (Å²) in [7, 11) is 0. The molecule has 5 heteroatoms. The normalized spacial score (nSPS) is 19.9. The first-order valence-corrected chi connectivity index (χ1v) is 3.41. The lowest BCUT2D eigenvalue weighted by molar-refractivity contribution is -0.169. The Balaban J connectivity index is 2.09. The van der Waals surface area contributed by atoms with Crippen LogP contribution in [-0.2, 0) is 9.47 Å². The van der Waals surface area contributed by atoms with Gasteiger partial charge in [-0.05, 0) is 0 Å². The van der Waals surface area contributed by atoms with E-state index in [1.54, 1.807) is 0 Å². The first-order valence-electron chi connectivity index (χ1n) is 3.41. The topological polar surface area (TPSA) is 44.5 Å². The number of alkyl halides is 2. The zero-order valence-corrected chi connectivity index (χ0v) is 6.06. The van der Waals surface area contributed by atoms with E-state index in [0.717, 1.165) is 0 Å². The lowest BCUT2D eigenvalue weighted by Crippen LogP contribution is -2.41. The van der Waals surface area contributed by atoms with Gasteiger partial charge in [-0.1, -0.05) is 0 Å². The average molecular weight is 167 g/mol. The summed E-state index contributed by atoms with van der Waals surface area (Å²) in [5, 5.41) is 0. The predicted octanol–water partition coefficient (Wildman–Crippen LogP) is -0.00420. The molecule has 0 aliphatic carbocycles. The molecule has 1 aliphatic rings. The van der Waals surface area contributed by atoms with Crippen molar-refractivity contribution in [2.75, 3.05) is 26.4 Å². The zero-order chi connectivity index (χ0) is 8.32. The van der Waals surface area contributed by atoms with Gasteiger partial charge in [-0.15, -0.1) is 0 Å². The van der Waals surface area contributed by atoms with Crippen LogP contribution in [0.1, 0.15) is 0 Å². The van der Waals surface area contributed by atoms with Crippen LogP contribution in [0.2, 0.25) is 0 Å². The second-order valence-electron chi connectivity index (χ2n) is 2.53. The monoisotopic (exact) mass is 167 g/mol. The molecule has 0 radical (unpaired) electrons. The largest absolute Gasteiger partial charge is 0.376 e. The first-order chi connectivity index (χ1) is 5.14. The maximum Gasteiger partial charge on any atom is 0.282 e. The van der Waals surface area contributed by atoms with E-state index in [2.05, 4.69) is 0 Å². The highest BCUT2D eigenvalue weighted by atomic mass is 19.3. The molecule has 3 nitrogen and oxygen atoms in total. The summed E-state index contributed by atoms with van der Waals surface area (Å²) in [6.45, 7) is -0.431. The number of nitrogens with two attached hydrogens (primary N) is 1. The summed E-state index contributed by atoms with van der Waals surface area (Å²) in [6.07, 6.45) is -0.160. The van der Waals surface area contributed by atoms with Crippen LogP contribution in [0.25, 0.3) is 0 Å². The van der Waals surface area contributed by atoms with Crippen molar-refractivity contribution in [3.05, 3.63) is 0 Å². The van der Waals surface area contributed by atoms with Crippen LogP contribution in [0.5, 0.6) is 0 Å². The third-order valence-electron chi connectivity index (χ3n) is 1.44. The molecular weight excluding hydrogens is 156 g/mol. The van der Waals surface area contributed by atoms with Crippen LogP contribution in [0.15, 0.2) is 0 Å². The Labute approximate surface area is 63.5 Å². The van der Waals surface area contributed by atoms with Crippen LogP contribution >= 0.6 is 0 Å². The van der Waals surface area contributed by atoms with Crippen molar-refractivity contribution >= 4 is 0 Å². The van der Waals surface area contributed by atoms with Gasteiger partial charge in [-0.3, -0.25) is 0 Å². The molecule has 0 bridgehead atoms. The average Bonchev–Trinajstić information content (AvgIpc) is 1.84. The Kier molecular flexibility index (Phi) is 2.75. The molecule has 1 aliphatic heterocycles. The Morgan fingerprint density at radius 2 is 2.18 bits per heavy atom. The zero-order valence-electron chi connectivity index (χ0n) is 6.06. The predicted molar refractivity (Wildman–Crippen MR) is 34.6 cm³/mol. The van der Waals surface area contributed by atoms with Crippen LogP contribution < -0.4 is 5.73 Å². The van der Waals surface area contributed by atoms with Gasteiger partial charge in [0.25, 0.3) is 5.92 Å². The maximum atomic E-state index is 12.4. The second kappa shape index (κ2) is 3.42. The van der Waals surface area contributed by atoms with Gasteiger partial charge in [0, 0.05) is 0 Å². The van der Waals surface area contributed by atoms with Crippen molar-refractivity contribution in [1.82, 2.24) is 0 Å². The summed E-state index contributed by atoms with van der Waals surface area (Å²) < 4.78 is 34.3. The molecule has 2 N–H and O–H groups in total. The van der Waals surface area contributed by atoms with Gasteiger partial charge >= 0.3 is 0 Å². The van der Waals surface area contributed by atoms with Crippen molar-refractivity contribution in [2.24, 2.45) is 5.73 Å². The lowest BCUT2D eigenvalue weighted by Gasteiger charge is -2.27. The molecule has 0 aromatic rings. The fraction of sp³-hybridized carbons (Fsp3) is 1.00. The van der Waals surface area contributed by atoms with E-state index in [9.17, 15) is 8.78 Å². The van der Waals surface area contributed by atoms with Crippen molar-refractivity contribution in [3.63, 3.8) is 0 Å². The van der Waals surface area contributed by atoms with Gasteiger partial charge in [-0.25, -0.2) is 8.78 Å². The van der Waals surface area contributed by atoms with Crippen molar-refractivity contribution in [2.45, 2.75) is 12.0 Å². The lowest BCUT2D eigenvalue weighted by atomic mass is 10.3. The highest BCUT2D eigenvalue weighted by Gasteiger charge is 2.30. The Morgan fingerprint density at radius 1 is 1.55 bits per heavy atom. The molecule has 0 unspecified atom stereocenters. The van der Waals surface area contributed by atoms with Crippen LogP contribution in [0.4, 0.5) is 8.78 Å². The van der Waals surface area contributed by atoms with Gasteiger partial charge in [0.05, 0.1) is 19.8 Å². The number of rotatable bonds is 4. The molecule has 1 heterocycles. The number of halogens is 2. The molecule has 11 heavy (non-hydrogen) atoms. The minimum atomic E-state index is -2.89. The van der Waals surface area contributed by atoms with Crippen molar-refractivity contribution < 1.29 is 18.3 Å². The summed E-state index contributed by atoms with van der Waals surface area (Å²) in [5.74, 6) is -2.89. The summed E-state index contributed by atoms with van der Waals surface area (Å²) in [4.78, 5) is 0. The minimum absolute atomic E-state index is 0.160. The molecule has 66 valence electrons. The van der Waals surface area contributed by atoms with Crippen LogP contribution in [0.3, 0.4) is 0 Å². The number of hydrogen-bond acceptors (Lipinski definition) is 3. The smallest absolute Gasteiger partial charge is 0.282 e. The summed E-state index contributed by atoms with van der Waals surface area (Å²) in [6, 6.07) is 0. The summed E-state index contributed by atoms with van der Waals surface area (Å²) in [5.41, 5.74) is 4.79. The highest BCUT2D eigenvalue weighted by molar-refractivity contribution is 4.70. The third-order valence-corrected chi connectivity index (χ3v) is 1.44. The SMILES string of the molecule is NCC(F)(F)COC1COC1. The molecule has 0 atom stereocenters. The molecule has 0 saturated carbocycles. The number of ether oxygens (including phenoxy) is 2. The molecule has 1 fully saturated rings. The third kappa shape index (κ3) is 2.69. The van der Waals surface area contributed by atoms with Crippen molar-refractivity contribution in [3.8, 4) is 0 Å². The molecule has 0 amide bonds. The minimum Gasteiger partial charge on any atom is -0.376 e. The quantitative estimate of drug-likeness (QED) is 0.640. The van der Waals surface area contributed by atoms with E-state index >= 15 is 0 Å². The highest BCUT2D eigenvalue weighted by Crippen LogP contribution is 2.14. The van der Waals surface area contributed by atoms with Gasteiger partial charge in [0.15, 0.2) is 0 Å². The van der Waals surface area contributed by atoms with E-state index < -0.39 is 19.1 Å². The second-order valence-corrected chi connectivity index (χ2v) is 2.53. The van der Waals surface area contributed by atoms with Gasteiger partial charge in [-0.2, -0.15) is 0 Å². The molecular formula is C6H11F2NO2. The van der Waals surface area contributed by atoms with E-state index in [1.807, 2.05) is 0 Å². The van der Waals surface area contributed by atoms with Crippen LogP contribution in [0, 0.1) is 0 Å². The van der Waals surface area contributed by atoms with Crippen molar-refractivity contribution in [1.29, 1.82) is 0 Å². The standard InChI is InChI=1S/C6H11F2NO2/c7-6(8,3-9)4-11-5-1-10-2-5/h5H,1-4,9H2. The fourth-order valence-corrected chi connectivity index (χ4v) is 0.609. The van der Waals surface area contributed by atoms with E-state index in [0.29, 0.717) is 13.2 Å². The fourth-order valence-electron chi connectivity index (χ4n) is 0.609. The Morgan fingerprint density at radius 3 is 2.55 bits per heavy atom. The molecule has 0 spiro atoms. The molecule has 0 aromatic heterocycles. The van der Waals surface area contributed by atoms with Crippen LogP contribution in [-0.4, -0.2) is 38.4 Å². The van der Waals surface area contributed by atoms with E-state index in [1.165, 1.54) is 0 Å². The number of hydrogen-bond donors (Lipinski definition) is 1. The summed E-state index contributed by atoms with van der Waals surface area (Å²) >= 11 is 0. The Bertz CT molecular complexity index is 128.